The van der Waals surface area contributed by atoms with Crippen LogP contribution in [0.25, 0.3) is 11.0 Å². The van der Waals surface area contributed by atoms with E-state index in [1.807, 2.05) is 19.1 Å². The van der Waals surface area contributed by atoms with Crippen molar-refractivity contribution in [3.8, 4) is 0 Å². The Labute approximate surface area is 132 Å². The summed E-state index contributed by atoms with van der Waals surface area (Å²) in [5.74, 6) is 1.56. The number of furan rings is 1. The van der Waals surface area contributed by atoms with Gasteiger partial charge in [-0.2, -0.15) is 4.98 Å². The average Bonchev–Trinajstić information content (AvgIpc) is 3.22. The van der Waals surface area contributed by atoms with Gasteiger partial charge in [-0.1, -0.05) is 16.8 Å². The summed E-state index contributed by atoms with van der Waals surface area (Å²) in [7, 11) is 0. The summed E-state index contributed by atoms with van der Waals surface area (Å²) < 4.78 is 16.3. The van der Waals surface area contributed by atoms with Crippen LogP contribution in [0.15, 0.2) is 27.3 Å². The molecule has 0 unspecified atom stereocenters. The number of rotatable bonds is 3. The highest BCUT2D eigenvalue weighted by Crippen LogP contribution is 2.29. The molecule has 1 fully saturated rings. The maximum atomic E-state index is 6.20. The molecule has 0 radical (unpaired) electrons. The summed E-state index contributed by atoms with van der Waals surface area (Å²) in [6.45, 7) is 3.39. The smallest absolute Gasteiger partial charge is 0.231 e. The molecule has 1 aromatic carbocycles. The number of aryl methyl sites for hydroxylation is 1. The van der Waals surface area contributed by atoms with Crippen molar-refractivity contribution in [2.24, 2.45) is 0 Å². The molecule has 22 heavy (non-hydrogen) atoms. The first-order valence-electron chi connectivity index (χ1n) is 7.27. The maximum Gasteiger partial charge on any atom is 0.231 e. The molecule has 3 aromatic rings. The highest BCUT2D eigenvalue weighted by Gasteiger charge is 2.23. The Morgan fingerprint density at radius 3 is 3.09 bits per heavy atom. The first kappa shape index (κ1) is 13.8. The van der Waals surface area contributed by atoms with Gasteiger partial charge in [0.15, 0.2) is 5.82 Å². The minimum Gasteiger partial charge on any atom is -0.464 e. The molecule has 0 spiro atoms. The number of aromatic nitrogens is 2. The first-order valence-corrected chi connectivity index (χ1v) is 7.65. The summed E-state index contributed by atoms with van der Waals surface area (Å²) in [6, 6.07) is 3.86. The summed E-state index contributed by atoms with van der Waals surface area (Å²) in [6.07, 6.45) is 3.21. The summed E-state index contributed by atoms with van der Waals surface area (Å²) in [4.78, 5) is 4.48. The van der Waals surface area contributed by atoms with Crippen LogP contribution in [0.2, 0.25) is 5.02 Å². The van der Waals surface area contributed by atoms with Gasteiger partial charge in [-0.05, 0) is 31.0 Å². The van der Waals surface area contributed by atoms with Gasteiger partial charge in [-0.3, -0.25) is 0 Å². The Morgan fingerprint density at radius 2 is 2.27 bits per heavy atom. The van der Waals surface area contributed by atoms with Gasteiger partial charge in [0.1, 0.15) is 5.58 Å². The van der Waals surface area contributed by atoms with Crippen LogP contribution in [0.3, 0.4) is 0 Å². The molecule has 6 heteroatoms. The van der Waals surface area contributed by atoms with Crippen molar-refractivity contribution in [3.05, 3.63) is 46.3 Å². The van der Waals surface area contributed by atoms with Crippen LogP contribution in [-0.4, -0.2) is 23.4 Å². The highest BCUT2D eigenvalue weighted by atomic mass is 35.5. The molecule has 0 amide bonds. The zero-order chi connectivity index (χ0) is 15.1. The standard InChI is InChI=1S/C16H15ClN2O3/c1-9-4-14-12(6-13(9)17)11(8-21-14)5-15-18-16(19-22-15)10-2-3-20-7-10/h4,6,8,10H,2-3,5,7H2,1H3/t10-/m0/s1. The predicted molar refractivity (Wildman–Crippen MR) is 81.2 cm³/mol. The quantitative estimate of drug-likeness (QED) is 0.733. The summed E-state index contributed by atoms with van der Waals surface area (Å²) in [5, 5.41) is 5.78. The van der Waals surface area contributed by atoms with Gasteiger partial charge in [0.2, 0.25) is 5.89 Å². The fraction of sp³-hybridized carbons (Fsp3) is 0.375. The largest absolute Gasteiger partial charge is 0.464 e. The SMILES string of the molecule is Cc1cc2occ(Cc3nc([C@H]4CCOC4)no3)c2cc1Cl. The second-order valence-electron chi connectivity index (χ2n) is 5.64. The van der Waals surface area contributed by atoms with Crippen LogP contribution in [0.5, 0.6) is 0 Å². The van der Waals surface area contributed by atoms with E-state index in [9.17, 15) is 0 Å². The van der Waals surface area contributed by atoms with Crippen LogP contribution < -0.4 is 0 Å². The normalized spacial score (nSPS) is 18.4. The van der Waals surface area contributed by atoms with E-state index >= 15 is 0 Å². The minimum absolute atomic E-state index is 0.246. The molecule has 1 aliphatic rings. The molecular formula is C16H15ClN2O3. The van der Waals surface area contributed by atoms with E-state index in [2.05, 4.69) is 10.1 Å². The molecule has 0 saturated carbocycles. The van der Waals surface area contributed by atoms with Gasteiger partial charge >= 0.3 is 0 Å². The number of hydrogen-bond donors (Lipinski definition) is 0. The zero-order valence-corrected chi connectivity index (χ0v) is 12.9. The molecule has 0 aliphatic carbocycles. The fourth-order valence-electron chi connectivity index (χ4n) is 2.75. The van der Waals surface area contributed by atoms with E-state index in [1.54, 1.807) is 6.26 Å². The number of hydrogen-bond acceptors (Lipinski definition) is 5. The lowest BCUT2D eigenvalue weighted by Gasteiger charge is -1.99. The van der Waals surface area contributed by atoms with E-state index in [0.717, 1.165) is 46.0 Å². The summed E-state index contributed by atoms with van der Waals surface area (Å²) in [5.41, 5.74) is 2.81. The van der Waals surface area contributed by atoms with Crippen LogP contribution in [0.1, 0.15) is 35.2 Å². The first-order chi connectivity index (χ1) is 10.7. The average molecular weight is 319 g/mol. The van der Waals surface area contributed by atoms with Gasteiger partial charge in [0.05, 0.1) is 19.3 Å². The van der Waals surface area contributed by atoms with E-state index in [1.165, 1.54) is 0 Å². The monoisotopic (exact) mass is 318 g/mol. The van der Waals surface area contributed by atoms with Crippen molar-refractivity contribution in [2.75, 3.05) is 13.2 Å². The molecule has 0 bridgehead atoms. The van der Waals surface area contributed by atoms with E-state index in [-0.39, 0.29) is 5.92 Å². The Bertz CT molecular complexity index is 818. The Hall–Kier alpha value is -1.85. The Kier molecular flexibility index (Phi) is 3.39. The number of benzene rings is 1. The van der Waals surface area contributed by atoms with Crippen LogP contribution in [-0.2, 0) is 11.2 Å². The lowest BCUT2D eigenvalue weighted by molar-refractivity contribution is 0.192. The highest BCUT2D eigenvalue weighted by molar-refractivity contribution is 6.32. The molecule has 3 heterocycles. The van der Waals surface area contributed by atoms with Crippen molar-refractivity contribution < 1.29 is 13.7 Å². The van der Waals surface area contributed by atoms with Crippen molar-refractivity contribution in [1.29, 1.82) is 0 Å². The lowest BCUT2D eigenvalue weighted by atomic mass is 10.1. The third-order valence-electron chi connectivity index (χ3n) is 4.06. The topological polar surface area (TPSA) is 61.3 Å². The van der Waals surface area contributed by atoms with Gasteiger partial charge in [0, 0.05) is 28.5 Å². The predicted octanol–water partition coefficient (Wildman–Crippen LogP) is 3.87. The Morgan fingerprint density at radius 1 is 1.36 bits per heavy atom. The number of halogens is 1. The van der Waals surface area contributed by atoms with Gasteiger partial charge in [0.25, 0.3) is 0 Å². The second-order valence-corrected chi connectivity index (χ2v) is 6.05. The fourth-order valence-corrected chi connectivity index (χ4v) is 2.91. The molecule has 4 rings (SSSR count). The second kappa shape index (κ2) is 5.41. The van der Waals surface area contributed by atoms with E-state index in [0.29, 0.717) is 18.9 Å². The molecule has 5 nitrogen and oxygen atoms in total. The van der Waals surface area contributed by atoms with Crippen LogP contribution in [0.4, 0.5) is 0 Å². The van der Waals surface area contributed by atoms with Gasteiger partial charge < -0.3 is 13.7 Å². The van der Waals surface area contributed by atoms with Gasteiger partial charge in [-0.25, -0.2) is 0 Å². The molecule has 114 valence electrons. The van der Waals surface area contributed by atoms with Crippen molar-refractivity contribution in [3.63, 3.8) is 0 Å². The molecule has 2 aromatic heterocycles. The van der Waals surface area contributed by atoms with E-state index < -0.39 is 0 Å². The number of fused-ring (bicyclic) bond motifs is 1. The molecular weight excluding hydrogens is 304 g/mol. The van der Waals surface area contributed by atoms with Crippen molar-refractivity contribution in [1.82, 2.24) is 10.1 Å². The zero-order valence-electron chi connectivity index (χ0n) is 12.1. The number of nitrogens with zero attached hydrogens (tertiary/aromatic N) is 2. The Balaban J connectivity index is 1.62. The van der Waals surface area contributed by atoms with Gasteiger partial charge in [-0.15, -0.1) is 0 Å². The molecule has 1 saturated heterocycles. The maximum absolute atomic E-state index is 6.20. The van der Waals surface area contributed by atoms with Crippen molar-refractivity contribution in [2.45, 2.75) is 25.7 Å². The molecule has 1 atom stereocenters. The minimum atomic E-state index is 0.246. The van der Waals surface area contributed by atoms with Crippen molar-refractivity contribution >= 4 is 22.6 Å². The lowest BCUT2D eigenvalue weighted by Crippen LogP contribution is -2.00. The molecule has 0 N–H and O–H groups in total. The number of ether oxygens (including phenoxy) is 1. The molecule has 1 aliphatic heterocycles. The van der Waals surface area contributed by atoms with E-state index in [4.69, 9.17) is 25.3 Å². The third-order valence-corrected chi connectivity index (χ3v) is 4.46. The van der Waals surface area contributed by atoms with Crippen LogP contribution in [0, 0.1) is 6.92 Å². The third kappa shape index (κ3) is 2.40. The van der Waals surface area contributed by atoms with Crippen LogP contribution >= 0.6 is 11.6 Å². The summed E-state index contributed by atoms with van der Waals surface area (Å²) >= 11 is 6.20.